The van der Waals surface area contributed by atoms with E-state index in [9.17, 15) is 9.59 Å². The van der Waals surface area contributed by atoms with E-state index < -0.39 is 11.9 Å². The highest BCUT2D eigenvalue weighted by molar-refractivity contribution is 5.94. The first kappa shape index (κ1) is 16.1. The number of aromatic nitrogens is 3. The van der Waals surface area contributed by atoms with Gasteiger partial charge in [-0.25, -0.2) is 9.48 Å². The molecule has 0 spiro atoms. The maximum absolute atomic E-state index is 11.6. The Kier molecular flexibility index (Phi) is 7.26. The van der Waals surface area contributed by atoms with E-state index in [-0.39, 0.29) is 6.54 Å². The smallest absolute Gasteiger partial charge is 0.321 e. The van der Waals surface area contributed by atoms with Crippen LogP contribution in [0.25, 0.3) is 0 Å². The first-order chi connectivity index (χ1) is 9.65. The summed E-state index contributed by atoms with van der Waals surface area (Å²) in [6, 6.07) is -0.484. The molecule has 8 nitrogen and oxygen atoms in total. The van der Waals surface area contributed by atoms with Crippen LogP contribution < -0.4 is 16.0 Å². The largest absolute Gasteiger partial charge is 0.338 e. The summed E-state index contributed by atoms with van der Waals surface area (Å²) < 4.78 is 1.41. The maximum atomic E-state index is 11.6. The van der Waals surface area contributed by atoms with E-state index in [1.165, 1.54) is 4.68 Å². The Hall–Kier alpha value is -1.96. The average molecular weight is 282 g/mol. The summed E-state index contributed by atoms with van der Waals surface area (Å²) in [4.78, 5) is 22.9. The van der Waals surface area contributed by atoms with Crippen molar-refractivity contribution in [2.75, 3.05) is 13.1 Å². The van der Waals surface area contributed by atoms with Gasteiger partial charge in [-0.2, -0.15) is 0 Å². The highest BCUT2D eigenvalue weighted by Crippen LogP contribution is 1.92. The number of imide groups is 1. The first-order valence-corrected chi connectivity index (χ1v) is 6.83. The number of carbonyl (C=O) groups is 2. The lowest BCUT2D eigenvalue weighted by Crippen LogP contribution is -2.41. The van der Waals surface area contributed by atoms with Gasteiger partial charge in [-0.3, -0.25) is 10.1 Å². The number of carbonyl (C=O) groups excluding carboxylic acids is 2. The molecule has 0 aliphatic carbocycles. The molecule has 0 atom stereocenters. The third-order valence-electron chi connectivity index (χ3n) is 2.41. The van der Waals surface area contributed by atoms with Gasteiger partial charge in [-0.05, 0) is 19.4 Å². The molecule has 0 saturated heterocycles. The second kappa shape index (κ2) is 9.03. The van der Waals surface area contributed by atoms with Crippen molar-refractivity contribution in [2.45, 2.75) is 39.8 Å². The Morgan fingerprint density at radius 3 is 2.70 bits per heavy atom. The average Bonchev–Trinajstić information content (AvgIpc) is 2.84. The molecule has 0 saturated carbocycles. The van der Waals surface area contributed by atoms with Gasteiger partial charge in [0.15, 0.2) is 0 Å². The second-order valence-corrected chi connectivity index (χ2v) is 4.39. The fourth-order valence-electron chi connectivity index (χ4n) is 1.49. The molecule has 20 heavy (non-hydrogen) atoms. The van der Waals surface area contributed by atoms with Gasteiger partial charge in [-0.15, -0.1) is 5.10 Å². The van der Waals surface area contributed by atoms with Crippen LogP contribution in [0.1, 0.15) is 32.4 Å². The monoisotopic (exact) mass is 282 g/mol. The van der Waals surface area contributed by atoms with Crippen LogP contribution in [0.3, 0.4) is 0 Å². The highest BCUT2D eigenvalue weighted by atomic mass is 16.2. The Morgan fingerprint density at radius 1 is 1.25 bits per heavy atom. The van der Waals surface area contributed by atoms with Crippen LogP contribution in [0.4, 0.5) is 4.79 Å². The number of nitrogens with one attached hydrogen (secondary N) is 3. The summed E-state index contributed by atoms with van der Waals surface area (Å²) >= 11 is 0. The number of hydrogen-bond acceptors (Lipinski definition) is 5. The maximum Gasteiger partial charge on any atom is 0.321 e. The van der Waals surface area contributed by atoms with E-state index in [1.54, 1.807) is 6.20 Å². The molecule has 8 heteroatoms. The van der Waals surface area contributed by atoms with Crippen LogP contribution >= 0.6 is 0 Å². The molecule has 0 radical (unpaired) electrons. The van der Waals surface area contributed by atoms with Crippen LogP contribution in [-0.2, 0) is 17.9 Å². The topological polar surface area (TPSA) is 101 Å². The van der Waals surface area contributed by atoms with E-state index in [2.05, 4.69) is 33.2 Å². The lowest BCUT2D eigenvalue weighted by atomic mass is 10.4. The molecule has 1 heterocycles. The van der Waals surface area contributed by atoms with Gasteiger partial charge >= 0.3 is 6.03 Å². The molecular weight excluding hydrogens is 260 g/mol. The summed E-state index contributed by atoms with van der Waals surface area (Å²) in [6.07, 6.45) is 3.55. The van der Waals surface area contributed by atoms with Crippen LogP contribution in [0.5, 0.6) is 0 Å². The normalized spacial score (nSPS) is 10.3. The first-order valence-electron chi connectivity index (χ1n) is 6.83. The Balaban J connectivity index is 2.33. The van der Waals surface area contributed by atoms with Crippen molar-refractivity contribution >= 4 is 11.9 Å². The quantitative estimate of drug-likeness (QED) is 0.583. The SMILES string of the molecule is CCCNCc1cn(CC(=O)NC(=O)NCCC)nn1. The summed E-state index contributed by atoms with van der Waals surface area (Å²) in [5, 5.41) is 15.8. The number of nitrogens with zero attached hydrogens (tertiary/aromatic N) is 3. The van der Waals surface area contributed by atoms with Gasteiger partial charge < -0.3 is 10.6 Å². The number of hydrogen-bond donors (Lipinski definition) is 3. The molecule has 1 rings (SSSR count). The van der Waals surface area contributed by atoms with Crippen molar-refractivity contribution in [1.82, 2.24) is 30.9 Å². The Morgan fingerprint density at radius 2 is 2.00 bits per heavy atom. The zero-order chi connectivity index (χ0) is 14.8. The van der Waals surface area contributed by atoms with Crippen molar-refractivity contribution in [2.24, 2.45) is 0 Å². The molecule has 1 aromatic heterocycles. The van der Waals surface area contributed by atoms with Crippen LogP contribution in [0, 0.1) is 0 Å². The summed E-state index contributed by atoms with van der Waals surface area (Å²) in [7, 11) is 0. The molecule has 112 valence electrons. The van der Waals surface area contributed by atoms with Crippen molar-refractivity contribution in [1.29, 1.82) is 0 Å². The van der Waals surface area contributed by atoms with Gasteiger partial charge in [0.05, 0.1) is 11.9 Å². The van der Waals surface area contributed by atoms with E-state index in [0.717, 1.165) is 25.1 Å². The summed E-state index contributed by atoms with van der Waals surface area (Å²) in [5.41, 5.74) is 0.765. The Bertz CT molecular complexity index is 431. The molecule has 0 unspecified atom stereocenters. The van der Waals surface area contributed by atoms with Crippen molar-refractivity contribution in [3.63, 3.8) is 0 Å². The van der Waals surface area contributed by atoms with Crippen molar-refractivity contribution < 1.29 is 9.59 Å². The molecule has 0 aliphatic rings. The summed E-state index contributed by atoms with van der Waals surface area (Å²) in [6.45, 7) is 6.05. The van der Waals surface area contributed by atoms with E-state index in [4.69, 9.17) is 0 Å². The minimum Gasteiger partial charge on any atom is -0.338 e. The van der Waals surface area contributed by atoms with E-state index in [0.29, 0.717) is 13.1 Å². The predicted octanol–water partition coefficient (Wildman–Crippen LogP) is 0.0135. The van der Waals surface area contributed by atoms with Crippen molar-refractivity contribution in [3.05, 3.63) is 11.9 Å². The fraction of sp³-hybridized carbons (Fsp3) is 0.667. The van der Waals surface area contributed by atoms with Crippen molar-refractivity contribution in [3.8, 4) is 0 Å². The minimum atomic E-state index is -0.484. The minimum absolute atomic E-state index is 0.0275. The number of rotatable bonds is 8. The molecule has 3 N–H and O–H groups in total. The van der Waals surface area contributed by atoms with Gasteiger partial charge in [0, 0.05) is 13.1 Å². The van der Waals surface area contributed by atoms with Crippen LogP contribution in [0.2, 0.25) is 0 Å². The number of amides is 3. The molecule has 0 aromatic carbocycles. The van der Waals surface area contributed by atoms with Gasteiger partial charge in [0.2, 0.25) is 5.91 Å². The molecule has 1 aromatic rings. The van der Waals surface area contributed by atoms with E-state index in [1.807, 2.05) is 6.92 Å². The Labute approximate surface area is 118 Å². The third kappa shape index (κ3) is 6.28. The molecular formula is C12H22N6O2. The second-order valence-electron chi connectivity index (χ2n) is 4.39. The van der Waals surface area contributed by atoms with Gasteiger partial charge in [0.1, 0.15) is 6.54 Å². The zero-order valence-electron chi connectivity index (χ0n) is 12.0. The zero-order valence-corrected chi connectivity index (χ0v) is 12.0. The predicted molar refractivity (Wildman–Crippen MR) is 73.9 cm³/mol. The lowest BCUT2D eigenvalue weighted by Gasteiger charge is -2.04. The standard InChI is InChI=1S/C12H22N6O2/c1-3-5-13-7-10-8-18(17-16-10)9-11(19)15-12(20)14-6-4-2/h8,13H,3-7,9H2,1-2H3,(H2,14,15,19,20). The van der Waals surface area contributed by atoms with Crippen LogP contribution in [0.15, 0.2) is 6.20 Å². The van der Waals surface area contributed by atoms with Gasteiger partial charge in [0.25, 0.3) is 0 Å². The molecule has 0 fully saturated rings. The van der Waals surface area contributed by atoms with Gasteiger partial charge in [-0.1, -0.05) is 19.1 Å². The fourth-order valence-corrected chi connectivity index (χ4v) is 1.49. The highest BCUT2D eigenvalue weighted by Gasteiger charge is 2.09. The molecule has 0 bridgehead atoms. The lowest BCUT2D eigenvalue weighted by molar-refractivity contribution is -0.120. The van der Waals surface area contributed by atoms with Crippen LogP contribution in [-0.4, -0.2) is 40.0 Å². The van der Waals surface area contributed by atoms with E-state index >= 15 is 0 Å². The molecule has 3 amide bonds. The number of urea groups is 1. The third-order valence-corrected chi connectivity index (χ3v) is 2.41. The molecule has 0 aliphatic heterocycles. The summed E-state index contributed by atoms with van der Waals surface area (Å²) in [5.74, 6) is -0.420.